The third-order valence-electron chi connectivity index (χ3n) is 4.50. The van der Waals surface area contributed by atoms with Gasteiger partial charge in [-0.2, -0.15) is 0 Å². The van der Waals surface area contributed by atoms with Gasteiger partial charge in [-0.25, -0.2) is 4.79 Å². The van der Waals surface area contributed by atoms with E-state index in [0.29, 0.717) is 13.0 Å². The number of likely N-dealkylation sites (tertiary alicyclic amines) is 1. The van der Waals surface area contributed by atoms with Crippen LogP contribution in [0.1, 0.15) is 36.0 Å². The van der Waals surface area contributed by atoms with Crippen LogP contribution in [0.5, 0.6) is 0 Å². The van der Waals surface area contributed by atoms with Gasteiger partial charge in [0.05, 0.1) is 0 Å². The minimum absolute atomic E-state index is 0.280. The molecule has 1 aliphatic heterocycles. The van der Waals surface area contributed by atoms with Gasteiger partial charge in [-0.15, -0.1) is 0 Å². The molecule has 0 bridgehead atoms. The highest BCUT2D eigenvalue weighted by atomic mass is 16.5. The molecule has 1 heterocycles. The van der Waals surface area contributed by atoms with E-state index >= 15 is 0 Å². The SMILES string of the molecule is O=C(NCCC#Cc1cccc(CN2CCCC2)c1)OCc1ccccc1. The number of amides is 1. The van der Waals surface area contributed by atoms with Crippen molar-refractivity contribution < 1.29 is 9.53 Å². The molecule has 1 N–H and O–H groups in total. The Kier molecular flexibility index (Phi) is 7.32. The maximum absolute atomic E-state index is 11.7. The summed E-state index contributed by atoms with van der Waals surface area (Å²) in [5, 5.41) is 2.73. The molecule has 1 amide bonds. The normalized spacial score (nSPS) is 13.6. The van der Waals surface area contributed by atoms with Crippen LogP contribution in [0.2, 0.25) is 0 Å². The van der Waals surface area contributed by atoms with Crippen molar-refractivity contribution in [3.05, 3.63) is 71.3 Å². The topological polar surface area (TPSA) is 41.6 Å². The fourth-order valence-corrected chi connectivity index (χ4v) is 3.11. The molecule has 0 atom stereocenters. The van der Waals surface area contributed by atoms with Crippen LogP contribution in [0.25, 0.3) is 0 Å². The first-order chi connectivity index (χ1) is 13.3. The van der Waals surface area contributed by atoms with Crippen LogP contribution in [-0.4, -0.2) is 30.6 Å². The first-order valence-electron chi connectivity index (χ1n) is 9.54. The molecule has 2 aromatic rings. The Morgan fingerprint density at radius 1 is 1.04 bits per heavy atom. The summed E-state index contributed by atoms with van der Waals surface area (Å²) in [7, 11) is 0. The molecule has 2 aromatic carbocycles. The minimum Gasteiger partial charge on any atom is -0.445 e. The molecule has 0 spiro atoms. The third-order valence-corrected chi connectivity index (χ3v) is 4.50. The van der Waals surface area contributed by atoms with E-state index in [2.05, 4.69) is 40.3 Å². The van der Waals surface area contributed by atoms with Crippen LogP contribution in [0, 0.1) is 11.8 Å². The number of rotatable bonds is 6. The standard InChI is InChI=1S/C23H26N2O2/c26-23(27-19-21-10-2-1-3-11-21)24-14-5-4-9-20-12-8-13-22(17-20)18-25-15-6-7-16-25/h1-3,8,10-13,17H,5-7,14-16,18-19H2,(H,24,26). The molecule has 0 aliphatic carbocycles. The van der Waals surface area contributed by atoms with Gasteiger partial charge in [-0.1, -0.05) is 54.3 Å². The second kappa shape index (κ2) is 10.4. The second-order valence-corrected chi connectivity index (χ2v) is 6.72. The number of benzene rings is 2. The van der Waals surface area contributed by atoms with E-state index in [1.807, 2.05) is 36.4 Å². The summed E-state index contributed by atoms with van der Waals surface area (Å²) in [6, 6.07) is 18.0. The zero-order valence-corrected chi connectivity index (χ0v) is 15.6. The van der Waals surface area contributed by atoms with Crippen LogP contribution in [0.4, 0.5) is 4.79 Å². The van der Waals surface area contributed by atoms with Crippen LogP contribution < -0.4 is 5.32 Å². The van der Waals surface area contributed by atoms with Gasteiger partial charge >= 0.3 is 6.09 Å². The van der Waals surface area contributed by atoms with Crippen molar-refractivity contribution in [1.82, 2.24) is 10.2 Å². The lowest BCUT2D eigenvalue weighted by Gasteiger charge is -2.14. The summed E-state index contributed by atoms with van der Waals surface area (Å²) in [6.45, 7) is 4.16. The maximum atomic E-state index is 11.7. The third kappa shape index (κ3) is 6.80. The number of nitrogens with one attached hydrogen (secondary N) is 1. The number of ether oxygens (including phenoxy) is 1. The van der Waals surface area contributed by atoms with Gasteiger partial charge in [0.15, 0.2) is 0 Å². The highest BCUT2D eigenvalue weighted by Gasteiger charge is 2.11. The molecule has 140 valence electrons. The van der Waals surface area contributed by atoms with Crippen LogP contribution >= 0.6 is 0 Å². The Morgan fingerprint density at radius 2 is 1.81 bits per heavy atom. The van der Waals surface area contributed by atoms with Crippen molar-refractivity contribution in [3.8, 4) is 11.8 Å². The molecular weight excluding hydrogens is 336 g/mol. The summed E-state index contributed by atoms with van der Waals surface area (Å²) in [6.07, 6.45) is 2.80. The minimum atomic E-state index is -0.409. The van der Waals surface area contributed by atoms with Gasteiger partial charge in [-0.3, -0.25) is 4.90 Å². The van der Waals surface area contributed by atoms with E-state index in [1.54, 1.807) is 0 Å². The quantitative estimate of drug-likeness (QED) is 0.625. The Morgan fingerprint density at radius 3 is 2.63 bits per heavy atom. The average molecular weight is 362 g/mol. The average Bonchev–Trinajstić information content (AvgIpc) is 3.20. The van der Waals surface area contributed by atoms with Crippen molar-refractivity contribution in [2.45, 2.75) is 32.4 Å². The van der Waals surface area contributed by atoms with E-state index in [4.69, 9.17) is 4.74 Å². The fourth-order valence-electron chi connectivity index (χ4n) is 3.11. The molecule has 1 aliphatic rings. The van der Waals surface area contributed by atoms with E-state index in [0.717, 1.165) is 17.7 Å². The molecule has 3 rings (SSSR count). The summed E-state index contributed by atoms with van der Waals surface area (Å²) in [4.78, 5) is 14.2. The van der Waals surface area contributed by atoms with Crippen LogP contribution in [0.3, 0.4) is 0 Å². The monoisotopic (exact) mass is 362 g/mol. The predicted octanol–water partition coefficient (Wildman–Crippen LogP) is 3.95. The van der Waals surface area contributed by atoms with Crippen molar-refractivity contribution in [2.24, 2.45) is 0 Å². The van der Waals surface area contributed by atoms with Crippen LogP contribution in [-0.2, 0) is 17.9 Å². The summed E-state index contributed by atoms with van der Waals surface area (Å²) in [5.74, 6) is 6.30. The Balaban J connectivity index is 1.36. The number of nitrogens with zero attached hydrogens (tertiary/aromatic N) is 1. The Labute approximate surface area is 161 Å². The lowest BCUT2D eigenvalue weighted by Crippen LogP contribution is -2.24. The van der Waals surface area contributed by atoms with Gasteiger partial charge in [0.1, 0.15) is 6.61 Å². The lowest BCUT2D eigenvalue weighted by molar-refractivity contribution is 0.140. The maximum Gasteiger partial charge on any atom is 0.407 e. The fraction of sp³-hybridized carbons (Fsp3) is 0.348. The number of hydrogen-bond acceptors (Lipinski definition) is 3. The molecule has 4 heteroatoms. The smallest absolute Gasteiger partial charge is 0.407 e. The Hall–Kier alpha value is -2.77. The first kappa shape index (κ1) is 19.0. The predicted molar refractivity (Wildman–Crippen MR) is 107 cm³/mol. The molecule has 0 aromatic heterocycles. The molecule has 0 saturated carbocycles. The number of alkyl carbamates (subject to hydrolysis) is 1. The van der Waals surface area contributed by atoms with Gasteiger partial charge in [-0.05, 0) is 49.2 Å². The summed E-state index contributed by atoms with van der Waals surface area (Å²) in [5.41, 5.74) is 3.31. The highest BCUT2D eigenvalue weighted by Crippen LogP contribution is 2.13. The number of carbonyl (C=O) groups excluding carboxylic acids is 1. The number of hydrogen-bond donors (Lipinski definition) is 1. The summed E-state index contributed by atoms with van der Waals surface area (Å²) >= 11 is 0. The van der Waals surface area contributed by atoms with Gasteiger partial charge < -0.3 is 10.1 Å². The molecule has 27 heavy (non-hydrogen) atoms. The Bertz CT molecular complexity index is 787. The van der Waals surface area contributed by atoms with Crippen LogP contribution in [0.15, 0.2) is 54.6 Å². The molecule has 1 saturated heterocycles. The molecule has 0 unspecified atom stereocenters. The molecule has 4 nitrogen and oxygen atoms in total. The van der Waals surface area contributed by atoms with Crippen molar-refractivity contribution in [2.75, 3.05) is 19.6 Å². The van der Waals surface area contributed by atoms with E-state index in [9.17, 15) is 4.79 Å². The highest BCUT2D eigenvalue weighted by molar-refractivity contribution is 5.67. The van der Waals surface area contributed by atoms with Gasteiger partial charge in [0.25, 0.3) is 0 Å². The van der Waals surface area contributed by atoms with Crippen molar-refractivity contribution in [3.63, 3.8) is 0 Å². The zero-order chi connectivity index (χ0) is 18.7. The zero-order valence-electron chi connectivity index (χ0n) is 15.6. The van der Waals surface area contributed by atoms with Crippen molar-refractivity contribution >= 4 is 6.09 Å². The molecular formula is C23H26N2O2. The molecule has 1 fully saturated rings. The number of carbonyl (C=O) groups is 1. The van der Waals surface area contributed by atoms with Gasteiger partial charge in [0, 0.05) is 25.1 Å². The first-order valence-corrected chi connectivity index (χ1v) is 9.54. The second-order valence-electron chi connectivity index (χ2n) is 6.72. The molecule has 0 radical (unpaired) electrons. The van der Waals surface area contributed by atoms with E-state index in [1.165, 1.54) is 31.5 Å². The van der Waals surface area contributed by atoms with Crippen molar-refractivity contribution in [1.29, 1.82) is 0 Å². The van der Waals surface area contributed by atoms with E-state index in [-0.39, 0.29) is 6.61 Å². The lowest BCUT2D eigenvalue weighted by atomic mass is 10.1. The largest absolute Gasteiger partial charge is 0.445 e. The summed E-state index contributed by atoms with van der Waals surface area (Å²) < 4.78 is 5.17. The van der Waals surface area contributed by atoms with Gasteiger partial charge in [0.2, 0.25) is 0 Å². The van der Waals surface area contributed by atoms with E-state index < -0.39 is 6.09 Å².